The van der Waals surface area contributed by atoms with E-state index >= 15 is 0 Å². The van der Waals surface area contributed by atoms with Crippen LogP contribution in [0.5, 0.6) is 0 Å². The molecule has 1 aromatic rings. The predicted molar refractivity (Wildman–Crippen MR) is 69.6 cm³/mol. The second-order valence-electron chi connectivity index (χ2n) is 3.48. The van der Waals surface area contributed by atoms with Gasteiger partial charge in [0, 0.05) is 10.8 Å². The molecule has 1 heterocycles. The van der Waals surface area contributed by atoms with Gasteiger partial charge in [-0.2, -0.15) is 0 Å². The number of rotatable bonds is 7. The third-order valence-corrected chi connectivity index (χ3v) is 4.92. The van der Waals surface area contributed by atoms with E-state index in [2.05, 4.69) is 4.72 Å². The Kier molecular flexibility index (Phi) is 5.75. The highest BCUT2D eigenvalue weighted by molar-refractivity contribution is 7.89. The van der Waals surface area contributed by atoms with E-state index in [1.54, 1.807) is 11.3 Å². The Morgan fingerprint density at radius 3 is 2.81 bits per heavy atom. The third kappa shape index (κ3) is 4.41. The van der Waals surface area contributed by atoms with E-state index in [0.717, 1.165) is 17.7 Å². The zero-order valence-electron chi connectivity index (χ0n) is 9.15. The maximum absolute atomic E-state index is 11.6. The Hall–Kier alpha value is -0.100. The van der Waals surface area contributed by atoms with E-state index in [0.29, 0.717) is 0 Å². The first kappa shape index (κ1) is 14.0. The Bertz CT molecular complexity index is 389. The van der Waals surface area contributed by atoms with Gasteiger partial charge in [-0.3, -0.25) is 0 Å². The molecule has 92 valence electrons. The summed E-state index contributed by atoms with van der Waals surface area (Å²) in [5.74, 6) is 0.0960. The second-order valence-corrected chi connectivity index (χ2v) is 6.71. The highest BCUT2D eigenvalue weighted by Gasteiger charge is 2.18. The molecular weight excluding hydrogens is 266 g/mol. The summed E-state index contributed by atoms with van der Waals surface area (Å²) in [6.45, 7) is 2.04. The molecule has 0 aromatic carbocycles. The molecule has 1 aromatic heterocycles. The first-order valence-electron chi connectivity index (χ1n) is 5.18. The summed E-state index contributed by atoms with van der Waals surface area (Å²) >= 11 is 7.02. The molecule has 0 aliphatic rings. The lowest BCUT2D eigenvalue weighted by atomic mass is 10.1. The first-order valence-corrected chi connectivity index (χ1v) is 8.25. The Labute approximate surface area is 106 Å². The van der Waals surface area contributed by atoms with Crippen LogP contribution in [0, 0.1) is 0 Å². The van der Waals surface area contributed by atoms with Crippen molar-refractivity contribution in [3.8, 4) is 0 Å². The van der Waals surface area contributed by atoms with Crippen molar-refractivity contribution in [2.75, 3.05) is 11.6 Å². The molecule has 1 rings (SSSR count). The van der Waals surface area contributed by atoms with E-state index in [9.17, 15) is 8.42 Å². The van der Waals surface area contributed by atoms with Crippen LogP contribution < -0.4 is 4.72 Å². The summed E-state index contributed by atoms with van der Waals surface area (Å²) in [6, 6.07) is 3.77. The Morgan fingerprint density at radius 1 is 1.56 bits per heavy atom. The SMILES string of the molecule is CCCC(NS(=O)(=O)CCCl)c1cccs1. The molecular formula is C10H16ClNO2S2. The van der Waals surface area contributed by atoms with E-state index in [4.69, 9.17) is 11.6 Å². The third-order valence-electron chi connectivity index (χ3n) is 2.13. The Morgan fingerprint density at radius 2 is 2.31 bits per heavy atom. The molecule has 1 unspecified atom stereocenters. The van der Waals surface area contributed by atoms with Gasteiger partial charge in [-0.25, -0.2) is 13.1 Å². The van der Waals surface area contributed by atoms with Gasteiger partial charge in [0.15, 0.2) is 0 Å². The number of hydrogen-bond acceptors (Lipinski definition) is 3. The summed E-state index contributed by atoms with van der Waals surface area (Å²) in [4.78, 5) is 1.06. The minimum atomic E-state index is -3.25. The van der Waals surface area contributed by atoms with Crippen LogP contribution in [0.3, 0.4) is 0 Å². The molecule has 0 spiro atoms. The summed E-state index contributed by atoms with van der Waals surface area (Å²) in [6.07, 6.45) is 1.74. The van der Waals surface area contributed by atoms with Crippen molar-refractivity contribution >= 4 is 33.0 Å². The lowest BCUT2D eigenvalue weighted by Gasteiger charge is -2.16. The van der Waals surface area contributed by atoms with Crippen molar-refractivity contribution in [3.05, 3.63) is 22.4 Å². The zero-order valence-corrected chi connectivity index (χ0v) is 11.5. The van der Waals surface area contributed by atoms with Gasteiger partial charge in [0.05, 0.1) is 11.8 Å². The van der Waals surface area contributed by atoms with Crippen molar-refractivity contribution in [1.29, 1.82) is 0 Å². The van der Waals surface area contributed by atoms with Crippen LogP contribution in [0.2, 0.25) is 0 Å². The highest BCUT2D eigenvalue weighted by atomic mass is 35.5. The summed E-state index contributed by atoms with van der Waals surface area (Å²) < 4.78 is 25.9. The normalized spacial score (nSPS) is 13.9. The number of alkyl halides is 1. The predicted octanol–water partition coefficient (Wildman–Crippen LogP) is 2.75. The van der Waals surface area contributed by atoms with Crippen LogP contribution in [0.25, 0.3) is 0 Å². The molecule has 0 bridgehead atoms. The molecule has 0 aliphatic carbocycles. The van der Waals surface area contributed by atoms with Crippen molar-refractivity contribution in [3.63, 3.8) is 0 Å². The smallest absolute Gasteiger partial charge is 0.212 e. The molecule has 0 radical (unpaired) electrons. The van der Waals surface area contributed by atoms with E-state index in [1.165, 1.54) is 0 Å². The molecule has 0 saturated heterocycles. The molecule has 0 saturated carbocycles. The average Bonchev–Trinajstić information content (AvgIpc) is 2.69. The van der Waals surface area contributed by atoms with Gasteiger partial charge < -0.3 is 0 Å². The molecule has 0 fully saturated rings. The van der Waals surface area contributed by atoms with Crippen LogP contribution in [-0.2, 0) is 10.0 Å². The van der Waals surface area contributed by atoms with Crippen LogP contribution in [0.4, 0.5) is 0 Å². The van der Waals surface area contributed by atoms with Crippen LogP contribution in [-0.4, -0.2) is 20.1 Å². The van der Waals surface area contributed by atoms with Gasteiger partial charge in [0.25, 0.3) is 0 Å². The molecule has 3 nitrogen and oxygen atoms in total. The lowest BCUT2D eigenvalue weighted by Crippen LogP contribution is -2.30. The number of nitrogens with one attached hydrogen (secondary N) is 1. The average molecular weight is 282 g/mol. The Balaban J connectivity index is 2.73. The van der Waals surface area contributed by atoms with Crippen LogP contribution in [0.1, 0.15) is 30.7 Å². The van der Waals surface area contributed by atoms with Crippen molar-refractivity contribution in [2.24, 2.45) is 0 Å². The van der Waals surface area contributed by atoms with E-state index in [-0.39, 0.29) is 17.7 Å². The number of halogens is 1. The highest BCUT2D eigenvalue weighted by Crippen LogP contribution is 2.23. The zero-order chi connectivity index (χ0) is 12.0. The first-order chi connectivity index (χ1) is 7.59. The van der Waals surface area contributed by atoms with Gasteiger partial charge in [-0.1, -0.05) is 19.4 Å². The van der Waals surface area contributed by atoms with E-state index < -0.39 is 10.0 Å². The fourth-order valence-corrected chi connectivity index (χ4v) is 3.91. The largest absolute Gasteiger partial charge is 0.213 e. The number of sulfonamides is 1. The molecule has 0 amide bonds. The maximum Gasteiger partial charge on any atom is 0.213 e. The van der Waals surface area contributed by atoms with E-state index in [1.807, 2.05) is 24.4 Å². The monoisotopic (exact) mass is 281 g/mol. The van der Waals surface area contributed by atoms with Crippen molar-refractivity contribution in [2.45, 2.75) is 25.8 Å². The standard InChI is InChI=1S/C10H16ClNO2S2/c1-2-4-9(10-5-3-7-15-10)12-16(13,14)8-6-11/h3,5,7,9,12H,2,4,6,8H2,1H3. The molecule has 1 N–H and O–H groups in total. The van der Waals surface area contributed by atoms with Gasteiger partial charge in [-0.15, -0.1) is 22.9 Å². The van der Waals surface area contributed by atoms with Crippen LogP contribution in [0.15, 0.2) is 17.5 Å². The lowest BCUT2D eigenvalue weighted by molar-refractivity contribution is 0.541. The van der Waals surface area contributed by atoms with Gasteiger partial charge in [0.1, 0.15) is 0 Å². The van der Waals surface area contributed by atoms with Crippen LogP contribution >= 0.6 is 22.9 Å². The maximum atomic E-state index is 11.6. The molecule has 6 heteroatoms. The second kappa shape index (κ2) is 6.59. The topological polar surface area (TPSA) is 46.2 Å². The fourth-order valence-electron chi connectivity index (χ4n) is 1.41. The fraction of sp³-hybridized carbons (Fsp3) is 0.600. The quantitative estimate of drug-likeness (QED) is 0.781. The van der Waals surface area contributed by atoms with Gasteiger partial charge >= 0.3 is 0 Å². The molecule has 16 heavy (non-hydrogen) atoms. The van der Waals surface area contributed by atoms with Crippen molar-refractivity contribution < 1.29 is 8.42 Å². The summed E-state index contributed by atoms with van der Waals surface area (Å²) in [5, 5.41) is 1.95. The van der Waals surface area contributed by atoms with Crippen molar-refractivity contribution in [1.82, 2.24) is 4.72 Å². The van der Waals surface area contributed by atoms with Gasteiger partial charge in [-0.05, 0) is 17.9 Å². The molecule has 1 atom stereocenters. The van der Waals surface area contributed by atoms with Gasteiger partial charge in [0.2, 0.25) is 10.0 Å². The minimum Gasteiger partial charge on any atom is -0.212 e. The number of thiophene rings is 1. The minimum absolute atomic E-state index is 0.0276. The number of hydrogen-bond donors (Lipinski definition) is 1. The molecule has 0 aliphatic heterocycles. The summed E-state index contributed by atoms with van der Waals surface area (Å²) in [5.41, 5.74) is 0. The summed E-state index contributed by atoms with van der Waals surface area (Å²) in [7, 11) is -3.25.